The molecule has 1 heterocycles. The average Bonchev–Trinajstić information content (AvgIpc) is 2.74. The highest BCUT2D eigenvalue weighted by Gasteiger charge is 2.33. The van der Waals surface area contributed by atoms with Gasteiger partial charge in [0, 0.05) is 23.5 Å². The minimum absolute atomic E-state index is 0.304. The molecule has 4 rings (SSSR count). The van der Waals surface area contributed by atoms with E-state index in [0.29, 0.717) is 5.69 Å². The van der Waals surface area contributed by atoms with Crippen molar-refractivity contribution in [3.05, 3.63) is 90.3 Å². The van der Waals surface area contributed by atoms with Gasteiger partial charge in [0.1, 0.15) is 0 Å². The molecule has 2 amide bonds. The van der Waals surface area contributed by atoms with Gasteiger partial charge >= 0.3 is 12.2 Å². The molecule has 0 saturated heterocycles. The van der Waals surface area contributed by atoms with Crippen LogP contribution in [0.2, 0.25) is 0 Å². The molecule has 2 N–H and O–H groups in total. The molecule has 0 aliphatic heterocycles. The largest absolute Gasteiger partial charge is 0.418 e. The van der Waals surface area contributed by atoms with Gasteiger partial charge in [-0.25, -0.2) is 4.79 Å². The van der Waals surface area contributed by atoms with Crippen LogP contribution in [0.5, 0.6) is 0 Å². The lowest BCUT2D eigenvalue weighted by molar-refractivity contribution is -0.136. The summed E-state index contributed by atoms with van der Waals surface area (Å²) in [6.07, 6.45) is -1.05. The fourth-order valence-electron chi connectivity index (χ4n) is 3.39. The number of aryl methyl sites for hydroxylation is 1. The number of pyridine rings is 1. The highest BCUT2D eigenvalue weighted by atomic mass is 19.4. The summed E-state index contributed by atoms with van der Waals surface area (Å²) >= 11 is 0. The Labute approximate surface area is 176 Å². The minimum Gasteiger partial charge on any atom is -0.308 e. The standard InChI is InChI=1S/C24H18F3N3O/c1-15-6-9-19(13-20(15)17-8-7-16-10-11-28-14-18(16)12-17)29-23(31)30-22-5-3-2-4-21(22)24(25,26)27/h2-14H,1H3,(H2,29,30,31). The number of anilines is 2. The summed E-state index contributed by atoms with van der Waals surface area (Å²) in [5, 5.41) is 6.95. The fourth-order valence-corrected chi connectivity index (χ4v) is 3.39. The van der Waals surface area contributed by atoms with Crippen molar-refractivity contribution in [2.45, 2.75) is 13.1 Å². The predicted molar refractivity (Wildman–Crippen MR) is 116 cm³/mol. The van der Waals surface area contributed by atoms with Gasteiger partial charge in [-0.2, -0.15) is 13.2 Å². The second-order valence-corrected chi connectivity index (χ2v) is 7.09. The molecule has 3 aromatic carbocycles. The Morgan fingerprint density at radius 3 is 2.52 bits per heavy atom. The van der Waals surface area contributed by atoms with Gasteiger partial charge < -0.3 is 10.6 Å². The Kier molecular flexibility index (Phi) is 5.33. The number of para-hydroxylation sites is 1. The van der Waals surface area contributed by atoms with Crippen molar-refractivity contribution in [1.82, 2.24) is 4.98 Å². The van der Waals surface area contributed by atoms with Crippen LogP contribution in [-0.4, -0.2) is 11.0 Å². The monoisotopic (exact) mass is 421 g/mol. The highest BCUT2D eigenvalue weighted by Crippen LogP contribution is 2.35. The SMILES string of the molecule is Cc1ccc(NC(=O)Nc2ccccc2C(F)(F)F)cc1-c1ccc2ccncc2c1. The van der Waals surface area contributed by atoms with Crippen molar-refractivity contribution in [3.8, 4) is 11.1 Å². The number of benzene rings is 3. The first-order valence-electron chi connectivity index (χ1n) is 9.50. The van der Waals surface area contributed by atoms with Gasteiger partial charge in [-0.3, -0.25) is 4.98 Å². The van der Waals surface area contributed by atoms with Gasteiger partial charge in [-0.05, 0) is 65.4 Å². The smallest absolute Gasteiger partial charge is 0.308 e. The fraction of sp³-hybridized carbons (Fsp3) is 0.0833. The number of urea groups is 1. The summed E-state index contributed by atoms with van der Waals surface area (Å²) < 4.78 is 39.4. The lowest BCUT2D eigenvalue weighted by atomic mass is 9.98. The Bertz CT molecular complexity index is 1270. The molecule has 0 aliphatic carbocycles. The van der Waals surface area contributed by atoms with Crippen molar-refractivity contribution >= 4 is 28.2 Å². The molecule has 0 radical (unpaired) electrons. The van der Waals surface area contributed by atoms with Crippen LogP contribution in [0.4, 0.5) is 29.3 Å². The molecule has 0 saturated carbocycles. The van der Waals surface area contributed by atoms with Crippen LogP contribution >= 0.6 is 0 Å². The van der Waals surface area contributed by atoms with E-state index in [-0.39, 0.29) is 5.69 Å². The van der Waals surface area contributed by atoms with E-state index in [0.717, 1.165) is 33.5 Å². The van der Waals surface area contributed by atoms with Crippen LogP contribution in [0.3, 0.4) is 0 Å². The maximum Gasteiger partial charge on any atom is 0.418 e. The summed E-state index contributed by atoms with van der Waals surface area (Å²) in [7, 11) is 0. The van der Waals surface area contributed by atoms with E-state index < -0.39 is 17.8 Å². The Morgan fingerprint density at radius 2 is 1.71 bits per heavy atom. The van der Waals surface area contributed by atoms with Gasteiger partial charge in [-0.1, -0.05) is 30.3 Å². The third-order valence-electron chi connectivity index (χ3n) is 4.93. The van der Waals surface area contributed by atoms with Crippen LogP contribution in [-0.2, 0) is 6.18 Å². The highest BCUT2D eigenvalue weighted by molar-refractivity contribution is 6.01. The van der Waals surface area contributed by atoms with Crippen LogP contribution in [0, 0.1) is 6.92 Å². The van der Waals surface area contributed by atoms with Gasteiger partial charge in [0.2, 0.25) is 0 Å². The summed E-state index contributed by atoms with van der Waals surface area (Å²) in [6, 6.07) is 17.3. The summed E-state index contributed by atoms with van der Waals surface area (Å²) in [6.45, 7) is 1.95. The zero-order valence-electron chi connectivity index (χ0n) is 16.5. The molecule has 1 aromatic heterocycles. The van der Waals surface area contributed by atoms with Crippen LogP contribution in [0.15, 0.2) is 79.1 Å². The number of amides is 2. The maximum atomic E-state index is 13.1. The summed E-state index contributed by atoms with van der Waals surface area (Å²) in [5.41, 5.74) is 2.11. The van der Waals surface area contributed by atoms with Crippen molar-refractivity contribution in [2.75, 3.05) is 10.6 Å². The van der Waals surface area contributed by atoms with Gasteiger partial charge in [0.05, 0.1) is 11.3 Å². The van der Waals surface area contributed by atoms with Crippen LogP contribution in [0.1, 0.15) is 11.1 Å². The normalized spacial score (nSPS) is 11.4. The number of hydrogen-bond acceptors (Lipinski definition) is 2. The molecule has 0 unspecified atom stereocenters. The number of nitrogens with zero attached hydrogens (tertiary/aromatic N) is 1. The van der Waals surface area contributed by atoms with Crippen LogP contribution < -0.4 is 10.6 Å². The Hall–Kier alpha value is -3.87. The topological polar surface area (TPSA) is 54.0 Å². The minimum atomic E-state index is -4.56. The Balaban J connectivity index is 1.58. The number of carbonyl (C=O) groups is 1. The third kappa shape index (κ3) is 4.50. The van der Waals surface area contributed by atoms with Crippen molar-refractivity contribution in [3.63, 3.8) is 0 Å². The molecule has 7 heteroatoms. The van der Waals surface area contributed by atoms with Crippen molar-refractivity contribution < 1.29 is 18.0 Å². The zero-order valence-corrected chi connectivity index (χ0v) is 16.5. The quantitative estimate of drug-likeness (QED) is 0.379. The van der Waals surface area contributed by atoms with E-state index in [4.69, 9.17) is 0 Å². The van der Waals surface area contributed by atoms with Crippen molar-refractivity contribution in [2.24, 2.45) is 0 Å². The number of rotatable bonds is 3. The molecule has 0 aliphatic rings. The lowest BCUT2D eigenvalue weighted by Crippen LogP contribution is -2.21. The first-order chi connectivity index (χ1) is 14.8. The number of aromatic nitrogens is 1. The number of alkyl halides is 3. The number of hydrogen-bond donors (Lipinski definition) is 2. The average molecular weight is 421 g/mol. The predicted octanol–water partition coefficient (Wildman–Crippen LogP) is 6.87. The number of halogens is 3. The van der Waals surface area contributed by atoms with E-state index in [2.05, 4.69) is 15.6 Å². The van der Waals surface area contributed by atoms with Crippen molar-refractivity contribution in [1.29, 1.82) is 0 Å². The first kappa shape index (κ1) is 20.4. The number of fused-ring (bicyclic) bond motifs is 1. The number of nitrogens with one attached hydrogen (secondary N) is 2. The summed E-state index contributed by atoms with van der Waals surface area (Å²) in [5.74, 6) is 0. The van der Waals surface area contributed by atoms with Gasteiger partial charge in [0.15, 0.2) is 0 Å². The molecular weight excluding hydrogens is 403 g/mol. The first-order valence-corrected chi connectivity index (χ1v) is 9.50. The molecule has 156 valence electrons. The second-order valence-electron chi connectivity index (χ2n) is 7.09. The van der Waals surface area contributed by atoms with E-state index in [1.807, 2.05) is 37.3 Å². The second kappa shape index (κ2) is 8.10. The maximum absolute atomic E-state index is 13.1. The zero-order chi connectivity index (χ0) is 22.0. The number of carbonyl (C=O) groups excluding carboxylic acids is 1. The van der Waals surface area contributed by atoms with E-state index in [1.54, 1.807) is 24.5 Å². The molecule has 0 atom stereocenters. The molecule has 4 nitrogen and oxygen atoms in total. The van der Waals surface area contributed by atoms with Crippen LogP contribution in [0.25, 0.3) is 21.9 Å². The van der Waals surface area contributed by atoms with Gasteiger partial charge in [-0.15, -0.1) is 0 Å². The summed E-state index contributed by atoms with van der Waals surface area (Å²) in [4.78, 5) is 16.5. The van der Waals surface area contributed by atoms with E-state index in [1.165, 1.54) is 18.2 Å². The van der Waals surface area contributed by atoms with Gasteiger partial charge in [0.25, 0.3) is 0 Å². The molecule has 0 spiro atoms. The molecule has 0 fully saturated rings. The Morgan fingerprint density at radius 1 is 0.903 bits per heavy atom. The van der Waals surface area contributed by atoms with E-state index in [9.17, 15) is 18.0 Å². The molecule has 0 bridgehead atoms. The third-order valence-corrected chi connectivity index (χ3v) is 4.93. The lowest BCUT2D eigenvalue weighted by Gasteiger charge is -2.15. The molecule has 31 heavy (non-hydrogen) atoms. The van der Waals surface area contributed by atoms with E-state index >= 15 is 0 Å². The molecule has 4 aromatic rings. The molecular formula is C24H18F3N3O.